The fourth-order valence-corrected chi connectivity index (χ4v) is 2.89. The Labute approximate surface area is 117 Å². The molecular weight excluding hydrogens is 260 g/mol. The van der Waals surface area contributed by atoms with Gasteiger partial charge >= 0.3 is 5.97 Å². The lowest BCUT2D eigenvalue weighted by Crippen LogP contribution is -2.44. The van der Waals surface area contributed by atoms with Gasteiger partial charge in [0.25, 0.3) is 0 Å². The van der Waals surface area contributed by atoms with E-state index in [4.69, 9.17) is 14.0 Å². The molecule has 2 heterocycles. The molecule has 1 unspecified atom stereocenters. The third-order valence-corrected chi connectivity index (χ3v) is 4.40. The summed E-state index contributed by atoms with van der Waals surface area (Å²) in [5.74, 6) is 0.674. The maximum absolute atomic E-state index is 12.2. The van der Waals surface area contributed by atoms with Crippen molar-refractivity contribution >= 4 is 5.97 Å². The lowest BCUT2D eigenvalue weighted by molar-refractivity contribution is -0.155. The van der Waals surface area contributed by atoms with Crippen LogP contribution >= 0.6 is 0 Å². The second-order valence-electron chi connectivity index (χ2n) is 5.76. The second kappa shape index (κ2) is 4.84. The minimum atomic E-state index is -0.726. The third-order valence-electron chi connectivity index (χ3n) is 4.40. The molecule has 6 heteroatoms. The van der Waals surface area contributed by atoms with E-state index in [2.05, 4.69) is 10.1 Å². The number of hydrogen-bond acceptors (Lipinski definition) is 6. The highest BCUT2D eigenvalue weighted by atomic mass is 16.5. The summed E-state index contributed by atoms with van der Waals surface area (Å²) in [6, 6.07) is 0. The number of esters is 1. The zero-order chi connectivity index (χ0) is 14.2. The molecule has 0 N–H and O–H groups in total. The lowest BCUT2D eigenvalue weighted by Gasteiger charge is -2.35. The van der Waals surface area contributed by atoms with Gasteiger partial charge in [-0.2, -0.15) is 4.98 Å². The summed E-state index contributed by atoms with van der Waals surface area (Å²) in [5, 5.41) is 4.04. The number of carbonyl (C=O) groups excluding carboxylic acids is 1. The highest BCUT2D eigenvalue weighted by molar-refractivity contribution is 5.83. The first-order chi connectivity index (χ1) is 9.61. The van der Waals surface area contributed by atoms with E-state index in [0.29, 0.717) is 37.8 Å². The van der Waals surface area contributed by atoms with E-state index in [-0.39, 0.29) is 5.97 Å². The van der Waals surface area contributed by atoms with E-state index in [1.54, 1.807) is 6.92 Å². The SMILES string of the molecule is CCOC(=O)C1(c2nc(C3(C)CCCO3)no2)CCC1. The van der Waals surface area contributed by atoms with Crippen LogP contribution in [-0.4, -0.2) is 29.3 Å². The van der Waals surface area contributed by atoms with Gasteiger partial charge in [-0.15, -0.1) is 0 Å². The topological polar surface area (TPSA) is 74.5 Å². The Kier molecular flexibility index (Phi) is 3.28. The Morgan fingerprint density at radius 3 is 2.70 bits per heavy atom. The van der Waals surface area contributed by atoms with Crippen molar-refractivity contribution < 1.29 is 18.8 Å². The van der Waals surface area contributed by atoms with E-state index in [9.17, 15) is 4.79 Å². The van der Waals surface area contributed by atoms with E-state index < -0.39 is 11.0 Å². The van der Waals surface area contributed by atoms with Gasteiger partial charge in [0, 0.05) is 6.61 Å². The molecule has 20 heavy (non-hydrogen) atoms. The first-order valence-electron chi connectivity index (χ1n) is 7.27. The summed E-state index contributed by atoms with van der Waals surface area (Å²) in [7, 11) is 0. The van der Waals surface area contributed by atoms with E-state index in [0.717, 1.165) is 19.3 Å². The van der Waals surface area contributed by atoms with E-state index >= 15 is 0 Å². The Bertz CT molecular complexity index is 501. The van der Waals surface area contributed by atoms with Crippen LogP contribution in [0, 0.1) is 0 Å². The lowest BCUT2D eigenvalue weighted by atomic mass is 9.68. The Morgan fingerprint density at radius 2 is 2.15 bits per heavy atom. The average molecular weight is 280 g/mol. The number of ether oxygens (including phenoxy) is 2. The number of nitrogens with zero attached hydrogens (tertiary/aromatic N) is 2. The number of carbonyl (C=O) groups is 1. The minimum absolute atomic E-state index is 0.251. The van der Waals surface area contributed by atoms with Crippen molar-refractivity contribution in [2.45, 2.75) is 57.0 Å². The molecule has 110 valence electrons. The molecule has 1 aromatic heterocycles. The smallest absolute Gasteiger partial charge is 0.321 e. The van der Waals surface area contributed by atoms with Crippen LogP contribution in [0.3, 0.4) is 0 Å². The van der Waals surface area contributed by atoms with Crippen molar-refractivity contribution in [3.8, 4) is 0 Å². The Hall–Kier alpha value is -1.43. The van der Waals surface area contributed by atoms with Crippen LogP contribution in [0.2, 0.25) is 0 Å². The van der Waals surface area contributed by atoms with Gasteiger partial charge in [-0.25, -0.2) is 0 Å². The highest BCUT2D eigenvalue weighted by Crippen LogP contribution is 2.45. The van der Waals surface area contributed by atoms with Crippen molar-refractivity contribution in [1.29, 1.82) is 0 Å². The fraction of sp³-hybridized carbons (Fsp3) is 0.786. The highest BCUT2D eigenvalue weighted by Gasteiger charge is 2.52. The Balaban J connectivity index is 1.87. The first-order valence-corrected chi connectivity index (χ1v) is 7.27. The molecular formula is C14H20N2O4. The molecule has 1 aliphatic heterocycles. The van der Waals surface area contributed by atoms with Crippen molar-refractivity contribution in [3.63, 3.8) is 0 Å². The number of rotatable bonds is 4. The number of hydrogen-bond donors (Lipinski definition) is 0. The monoisotopic (exact) mass is 280 g/mol. The van der Waals surface area contributed by atoms with Gasteiger partial charge in [-0.1, -0.05) is 11.6 Å². The average Bonchev–Trinajstić information content (AvgIpc) is 2.98. The van der Waals surface area contributed by atoms with Gasteiger partial charge in [-0.3, -0.25) is 4.79 Å². The normalized spacial score (nSPS) is 28.1. The summed E-state index contributed by atoms with van der Waals surface area (Å²) in [6.07, 6.45) is 4.27. The third kappa shape index (κ3) is 1.93. The molecule has 1 saturated heterocycles. The molecule has 0 aromatic carbocycles. The summed E-state index contributed by atoms with van der Waals surface area (Å²) in [5.41, 5.74) is -1.21. The predicted octanol–water partition coefficient (Wildman–Crippen LogP) is 2.08. The van der Waals surface area contributed by atoms with Gasteiger partial charge in [-0.05, 0) is 39.5 Å². The Morgan fingerprint density at radius 1 is 1.35 bits per heavy atom. The van der Waals surface area contributed by atoms with Crippen molar-refractivity contribution in [3.05, 3.63) is 11.7 Å². The van der Waals surface area contributed by atoms with Gasteiger partial charge in [0.05, 0.1) is 6.61 Å². The maximum atomic E-state index is 12.2. The molecule has 0 amide bonds. The van der Waals surface area contributed by atoms with Crippen LogP contribution < -0.4 is 0 Å². The van der Waals surface area contributed by atoms with Gasteiger partial charge in [0.15, 0.2) is 0 Å². The zero-order valence-corrected chi connectivity index (χ0v) is 12.0. The van der Waals surface area contributed by atoms with Crippen LogP contribution in [0.5, 0.6) is 0 Å². The predicted molar refractivity (Wildman–Crippen MR) is 69.0 cm³/mol. The van der Waals surface area contributed by atoms with E-state index in [1.807, 2.05) is 6.92 Å². The van der Waals surface area contributed by atoms with E-state index in [1.165, 1.54) is 0 Å². The second-order valence-corrected chi connectivity index (χ2v) is 5.76. The quantitative estimate of drug-likeness (QED) is 0.786. The summed E-state index contributed by atoms with van der Waals surface area (Å²) in [6.45, 7) is 4.84. The van der Waals surface area contributed by atoms with Gasteiger partial charge in [0.1, 0.15) is 11.0 Å². The maximum Gasteiger partial charge on any atom is 0.321 e. The van der Waals surface area contributed by atoms with Crippen molar-refractivity contribution in [2.75, 3.05) is 13.2 Å². The molecule has 0 bridgehead atoms. The van der Waals surface area contributed by atoms with Crippen LogP contribution in [0.4, 0.5) is 0 Å². The summed E-state index contributed by atoms with van der Waals surface area (Å²) < 4.78 is 16.3. The van der Waals surface area contributed by atoms with Gasteiger partial charge < -0.3 is 14.0 Å². The molecule has 3 rings (SSSR count). The molecule has 2 aliphatic rings. The molecule has 1 aliphatic carbocycles. The van der Waals surface area contributed by atoms with Crippen molar-refractivity contribution in [2.24, 2.45) is 0 Å². The molecule has 2 fully saturated rings. The van der Waals surface area contributed by atoms with Crippen molar-refractivity contribution in [1.82, 2.24) is 10.1 Å². The zero-order valence-electron chi connectivity index (χ0n) is 12.0. The molecule has 1 atom stereocenters. The molecule has 1 aromatic rings. The number of aromatic nitrogens is 2. The van der Waals surface area contributed by atoms with Crippen LogP contribution in [0.1, 0.15) is 57.7 Å². The molecule has 0 radical (unpaired) electrons. The molecule has 6 nitrogen and oxygen atoms in total. The fourth-order valence-electron chi connectivity index (χ4n) is 2.89. The molecule has 0 spiro atoms. The summed E-state index contributed by atoms with van der Waals surface area (Å²) in [4.78, 5) is 16.6. The first kappa shape index (κ1) is 13.5. The standard InChI is InChI=1S/C14H20N2O4/c1-3-18-12(17)14(7-4-8-14)11-15-10(16-20-11)13(2)6-5-9-19-13/h3-9H2,1-2H3. The van der Waals surface area contributed by atoms with Crippen LogP contribution in [-0.2, 0) is 25.3 Å². The van der Waals surface area contributed by atoms with Gasteiger partial charge in [0.2, 0.25) is 11.7 Å². The van der Waals surface area contributed by atoms with Crippen LogP contribution in [0.15, 0.2) is 4.52 Å². The molecule has 1 saturated carbocycles. The summed E-state index contributed by atoms with van der Waals surface area (Å²) >= 11 is 0. The largest absolute Gasteiger partial charge is 0.465 e. The van der Waals surface area contributed by atoms with Crippen LogP contribution in [0.25, 0.3) is 0 Å². The minimum Gasteiger partial charge on any atom is -0.465 e.